The van der Waals surface area contributed by atoms with Gasteiger partial charge in [-0.15, -0.1) is 11.8 Å². The van der Waals surface area contributed by atoms with E-state index >= 15 is 0 Å². The highest BCUT2D eigenvalue weighted by Gasteiger charge is 2.48. The fourth-order valence-electron chi connectivity index (χ4n) is 3.07. The van der Waals surface area contributed by atoms with E-state index < -0.39 is 12.0 Å². The quantitative estimate of drug-likeness (QED) is 0.819. The number of thioether (sulfide) groups is 1. The number of nitrogens with zero attached hydrogens (tertiary/aromatic N) is 1. The average molecular weight is 314 g/mol. The molecule has 118 valence electrons. The van der Waals surface area contributed by atoms with E-state index in [2.05, 4.69) is 5.32 Å². The van der Waals surface area contributed by atoms with Gasteiger partial charge < -0.3 is 15.2 Å². The molecule has 2 aliphatic heterocycles. The van der Waals surface area contributed by atoms with Gasteiger partial charge in [0.2, 0.25) is 0 Å². The number of carbonyl (C=O) groups excluding carboxylic acids is 1. The van der Waals surface area contributed by atoms with Crippen LogP contribution in [0.25, 0.3) is 0 Å². The number of rotatable bonds is 4. The SMILES string of the molecule is CC1OCCC1CNC(=O)N1C(C(=O)O)CSC1C1CC1. The molecule has 7 heteroatoms. The lowest BCUT2D eigenvalue weighted by Crippen LogP contribution is -2.51. The van der Waals surface area contributed by atoms with Crippen molar-refractivity contribution in [3.8, 4) is 0 Å². The van der Waals surface area contributed by atoms with Crippen LogP contribution in [0.5, 0.6) is 0 Å². The summed E-state index contributed by atoms with van der Waals surface area (Å²) in [6.07, 6.45) is 3.31. The number of urea groups is 1. The third-order valence-electron chi connectivity index (χ3n) is 4.63. The average Bonchev–Trinajstić information content (AvgIpc) is 3.06. The number of hydrogen-bond acceptors (Lipinski definition) is 4. The van der Waals surface area contributed by atoms with Gasteiger partial charge in [0.15, 0.2) is 0 Å². The molecule has 0 radical (unpaired) electrons. The van der Waals surface area contributed by atoms with Crippen molar-refractivity contribution in [2.75, 3.05) is 18.9 Å². The summed E-state index contributed by atoms with van der Waals surface area (Å²) < 4.78 is 5.49. The van der Waals surface area contributed by atoms with Gasteiger partial charge in [0.25, 0.3) is 0 Å². The first-order chi connectivity index (χ1) is 10.1. The molecule has 2 saturated heterocycles. The van der Waals surface area contributed by atoms with Gasteiger partial charge in [0, 0.05) is 24.8 Å². The van der Waals surface area contributed by atoms with Crippen LogP contribution in [0.2, 0.25) is 0 Å². The molecule has 1 saturated carbocycles. The zero-order chi connectivity index (χ0) is 15.0. The van der Waals surface area contributed by atoms with E-state index in [4.69, 9.17) is 4.74 Å². The molecule has 2 heterocycles. The van der Waals surface area contributed by atoms with Crippen LogP contribution in [0.4, 0.5) is 4.79 Å². The van der Waals surface area contributed by atoms with E-state index in [-0.39, 0.29) is 17.5 Å². The van der Waals surface area contributed by atoms with Crippen LogP contribution in [0.3, 0.4) is 0 Å². The van der Waals surface area contributed by atoms with Crippen molar-refractivity contribution < 1.29 is 19.4 Å². The molecule has 4 atom stereocenters. The molecule has 21 heavy (non-hydrogen) atoms. The first kappa shape index (κ1) is 15.0. The van der Waals surface area contributed by atoms with E-state index in [9.17, 15) is 14.7 Å². The second kappa shape index (κ2) is 6.04. The first-order valence-corrected chi connectivity index (χ1v) is 8.65. The maximum Gasteiger partial charge on any atom is 0.327 e. The van der Waals surface area contributed by atoms with Gasteiger partial charge >= 0.3 is 12.0 Å². The molecule has 3 rings (SSSR count). The van der Waals surface area contributed by atoms with Crippen LogP contribution >= 0.6 is 11.8 Å². The highest BCUT2D eigenvalue weighted by atomic mass is 32.2. The van der Waals surface area contributed by atoms with Crippen LogP contribution in [0, 0.1) is 11.8 Å². The summed E-state index contributed by atoms with van der Waals surface area (Å²) in [5, 5.41) is 12.3. The Morgan fingerprint density at radius 3 is 2.71 bits per heavy atom. The zero-order valence-corrected chi connectivity index (χ0v) is 13.0. The number of ether oxygens (including phenoxy) is 1. The summed E-state index contributed by atoms with van der Waals surface area (Å²) in [7, 11) is 0. The maximum atomic E-state index is 12.5. The lowest BCUT2D eigenvalue weighted by Gasteiger charge is -2.28. The monoisotopic (exact) mass is 314 g/mol. The Hall–Kier alpha value is -0.950. The Morgan fingerprint density at radius 1 is 1.38 bits per heavy atom. The van der Waals surface area contributed by atoms with Crippen molar-refractivity contribution >= 4 is 23.8 Å². The molecular formula is C14H22N2O4S. The molecule has 3 aliphatic rings. The fourth-order valence-corrected chi connectivity index (χ4v) is 4.70. The van der Waals surface area contributed by atoms with Crippen LogP contribution < -0.4 is 5.32 Å². The highest BCUT2D eigenvalue weighted by Crippen LogP contribution is 2.45. The minimum atomic E-state index is -0.904. The van der Waals surface area contributed by atoms with Gasteiger partial charge in [0.1, 0.15) is 6.04 Å². The number of hydrogen-bond donors (Lipinski definition) is 2. The van der Waals surface area contributed by atoms with E-state index in [0.717, 1.165) is 25.9 Å². The van der Waals surface area contributed by atoms with E-state index in [1.807, 2.05) is 6.92 Å². The van der Waals surface area contributed by atoms with Crippen molar-refractivity contribution in [2.24, 2.45) is 11.8 Å². The number of carboxylic acid groups (broad SMARTS) is 1. The maximum absolute atomic E-state index is 12.5. The summed E-state index contributed by atoms with van der Waals surface area (Å²) in [6.45, 7) is 3.32. The topological polar surface area (TPSA) is 78.9 Å². The third-order valence-corrected chi connectivity index (χ3v) is 6.09. The van der Waals surface area contributed by atoms with Gasteiger partial charge in [-0.3, -0.25) is 4.90 Å². The molecule has 0 aromatic carbocycles. The van der Waals surface area contributed by atoms with Crippen molar-refractivity contribution in [1.82, 2.24) is 10.2 Å². The van der Waals surface area contributed by atoms with Gasteiger partial charge in [-0.05, 0) is 32.1 Å². The third kappa shape index (κ3) is 3.13. The lowest BCUT2D eigenvalue weighted by molar-refractivity contribution is -0.141. The zero-order valence-electron chi connectivity index (χ0n) is 12.2. The minimum Gasteiger partial charge on any atom is -0.480 e. The molecular weight excluding hydrogens is 292 g/mol. The Kier molecular flexibility index (Phi) is 4.31. The molecule has 1 aliphatic carbocycles. The minimum absolute atomic E-state index is 0.0309. The lowest BCUT2D eigenvalue weighted by atomic mass is 10.0. The molecule has 0 aromatic heterocycles. The molecule has 6 nitrogen and oxygen atoms in total. The molecule has 0 spiro atoms. The second-order valence-electron chi connectivity index (χ2n) is 6.13. The molecule has 2 amide bonds. The second-order valence-corrected chi connectivity index (χ2v) is 7.28. The van der Waals surface area contributed by atoms with E-state index in [0.29, 0.717) is 24.1 Å². The highest BCUT2D eigenvalue weighted by molar-refractivity contribution is 8.00. The van der Waals surface area contributed by atoms with E-state index in [1.54, 1.807) is 16.7 Å². The fraction of sp³-hybridized carbons (Fsp3) is 0.857. The predicted octanol–water partition coefficient (Wildman–Crippen LogP) is 1.36. The smallest absolute Gasteiger partial charge is 0.327 e. The molecule has 3 fully saturated rings. The number of aliphatic carboxylic acids is 1. The first-order valence-electron chi connectivity index (χ1n) is 7.60. The van der Waals surface area contributed by atoms with Gasteiger partial charge in [-0.25, -0.2) is 9.59 Å². The Labute approximate surface area is 128 Å². The number of amides is 2. The summed E-state index contributed by atoms with van der Waals surface area (Å²) in [6, 6.07) is -0.929. The Bertz CT molecular complexity index is 429. The summed E-state index contributed by atoms with van der Waals surface area (Å²) >= 11 is 1.60. The molecule has 0 bridgehead atoms. The summed E-state index contributed by atoms with van der Waals surface area (Å²) in [5.41, 5.74) is 0. The van der Waals surface area contributed by atoms with E-state index in [1.165, 1.54) is 0 Å². The number of carboxylic acids is 1. The molecule has 2 N–H and O–H groups in total. The van der Waals surface area contributed by atoms with Crippen LogP contribution in [-0.2, 0) is 9.53 Å². The number of carbonyl (C=O) groups is 2. The summed E-state index contributed by atoms with van der Waals surface area (Å²) in [5.74, 6) is 0.386. The molecule has 4 unspecified atom stereocenters. The van der Waals surface area contributed by atoms with Crippen LogP contribution in [0.15, 0.2) is 0 Å². The van der Waals surface area contributed by atoms with Crippen molar-refractivity contribution in [3.63, 3.8) is 0 Å². The normalized spacial score (nSPS) is 36.0. The summed E-state index contributed by atoms with van der Waals surface area (Å²) in [4.78, 5) is 25.4. The van der Waals surface area contributed by atoms with Gasteiger partial charge in [-0.2, -0.15) is 0 Å². The molecule has 0 aromatic rings. The standard InChI is InChI=1S/C14H22N2O4S/c1-8-10(4-5-20-8)6-15-14(19)16-11(13(17)18)7-21-12(16)9-2-3-9/h8-12H,2-7H2,1H3,(H,15,19)(H,17,18). The predicted molar refractivity (Wildman–Crippen MR) is 79.2 cm³/mol. The number of nitrogens with one attached hydrogen (secondary N) is 1. The van der Waals surface area contributed by atoms with Crippen molar-refractivity contribution in [3.05, 3.63) is 0 Å². The van der Waals surface area contributed by atoms with Crippen LogP contribution in [-0.4, -0.2) is 58.4 Å². The van der Waals surface area contributed by atoms with Crippen molar-refractivity contribution in [2.45, 2.75) is 43.7 Å². The van der Waals surface area contributed by atoms with Gasteiger partial charge in [0.05, 0.1) is 11.5 Å². The largest absolute Gasteiger partial charge is 0.480 e. The van der Waals surface area contributed by atoms with Crippen LogP contribution in [0.1, 0.15) is 26.2 Å². The van der Waals surface area contributed by atoms with Gasteiger partial charge in [-0.1, -0.05) is 0 Å². The van der Waals surface area contributed by atoms with Crippen molar-refractivity contribution in [1.29, 1.82) is 0 Å². The Balaban J connectivity index is 1.61. The Morgan fingerprint density at radius 2 is 2.14 bits per heavy atom.